The minimum atomic E-state index is -0.260. The van der Waals surface area contributed by atoms with Gasteiger partial charge in [0.2, 0.25) is 5.88 Å². The highest BCUT2D eigenvalue weighted by Gasteiger charge is 2.13. The molecule has 0 unspecified atom stereocenters. The van der Waals surface area contributed by atoms with Gasteiger partial charge in [0.15, 0.2) is 6.61 Å². The molecule has 1 amide bonds. The predicted octanol–water partition coefficient (Wildman–Crippen LogP) is 2.91. The van der Waals surface area contributed by atoms with E-state index in [1.54, 1.807) is 42.6 Å². The van der Waals surface area contributed by atoms with Crippen LogP contribution in [0.2, 0.25) is 0 Å². The fourth-order valence-corrected chi connectivity index (χ4v) is 2.10. The number of ether oxygens (including phenoxy) is 2. The maximum absolute atomic E-state index is 12.2. The molecule has 7 nitrogen and oxygen atoms in total. The van der Waals surface area contributed by atoms with Crippen molar-refractivity contribution in [1.29, 1.82) is 10.5 Å². The van der Waals surface area contributed by atoms with Crippen molar-refractivity contribution in [3.8, 4) is 29.5 Å². The molecule has 26 heavy (non-hydrogen) atoms. The third kappa shape index (κ3) is 6.14. The summed E-state index contributed by atoms with van der Waals surface area (Å²) in [5.74, 6) is 1.35. The molecule has 2 rings (SSSR count). The molecule has 7 heteroatoms. The van der Waals surface area contributed by atoms with Crippen molar-refractivity contribution in [1.82, 2.24) is 9.88 Å². The third-order valence-corrected chi connectivity index (χ3v) is 3.39. The molecule has 1 heterocycles. The first-order valence-electron chi connectivity index (χ1n) is 8.06. The van der Waals surface area contributed by atoms with Crippen LogP contribution in [0.25, 0.3) is 0 Å². The Balaban J connectivity index is 1.86. The number of carbonyl (C=O) groups excluding carboxylic acids is 1. The second kappa shape index (κ2) is 10.3. The first-order valence-corrected chi connectivity index (χ1v) is 8.06. The number of nitrogens with zero attached hydrogens (tertiary/aromatic N) is 4. The first kappa shape index (κ1) is 18.8. The van der Waals surface area contributed by atoms with Crippen LogP contribution in [-0.2, 0) is 4.79 Å². The second-order valence-electron chi connectivity index (χ2n) is 5.23. The Bertz CT molecular complexity index is 761. The van der Waals surface area contributed by atoms with Crippen LogP contribution in [-0.4, -0.2) is 35.5 Å². The summed E-state index contributed by atoms with van der Waals surface area (Å²) in [5, 5.41) is 17.3. The normalized spacial score (nSPS) is 9.62. The van der Waals surface area contributed by atoms with Gasteiger partial charge in [-0.3, -0.25) is 4.79 Å². The van der Waals surface area contributed by atoms with Crippen molar-refractivity contribution in [3.05, 3.63) is 48.7 Å². The van der Waals surface area contributed by atoms with Crippen molar-refractivity contribution >= 4 is 5.91 Å². The Hall–Kier alpha value is -3.58. The van der Waals surface area contributed by atoms with Gasteiger partial charge in [0.05, 0.1) is 25.0 Å². The molecule has 0 radical (unpaired) electrons. The van der Waals surface area contributed by atoms with E-state index in [9.17, 15) is 4.79 Å². The highest BCUT2D eigenvalue weighted by Crippen LogP contribution is 2.22. The Morgan fingerprint density at radius 3 is 2.23 bits per heavy atom. The lowest BCUT2D eigenvalue weighted by atomic mass is 10.3. The Kier molecular flexibility index (Phi) is 7.44. The molecule has 0 spiro atoms. The molecule has 0 aliphatic heterocycles. The maximum Gasteiger partial charge on any atom is 0.260 e. The number of pyridine rings is 1. The molecule has 0 saturated carbocycles. The van der Waals surface area contributed by atoms with E-state index in [-0.39, 0.29) is 38.4 Å². The van der Waals surface area contributed by atoms with E-state index < -0.39 is 0 Å². The molecule has 0 N–H and O–H groups in total. The monoisotopic (exact) mass is 350 g/mol. The zero-order chi connectivity index (χ0) is 18.6. The van der Waals surface area contributed by atoms with E-state index in [0.29, 0.717) is 17.4 Å². The van der Waals surface area contributed by atoms with E-state index in [1.807, 2.05) is 18.2 Å². The van der Waals surface area contributed by atoms with Gasteiger partial charge in [0, 0.05) is 25.4 Å². The van der Waals surface area contributed by atoms with Gasteiger partial charge in [-0.1, -0.05) is 6.07 Å². The van der Waals surface area contributed by atoms with Crippen LogP contribution in [0.3, 0.4) is 0 Å². The van der Waals surface area contributed by atoms with E-state index >= 15 is 0 Å². The van der Waals surface area contributed by atoms with Crippen LogP contribution in [0.5, 0.6) is 17.4 Å². The number of hydrogen-bond donors (Lipinski definition) is 0. The average molecular weight is 350 g/mol. The number of rotatable bonds is 9. The summed E-state index contributed by atoms with van der Waals surface area (Å²) in [4.78, 5) is 17.7. The lowest BCUT2D eigenvalue weighted by Gasteiger charge is -2.20. The lowest BCUT2D eigenvalue weighted by Crippen LogP contribution is -2.36. The first-order chi connectivity index (χ1) is 12.7. The van der Waals surface area contributed by atoms with Gasteiger partial charge in [-0.05, 0) is 30.3 Å². The molecule has 0 aliphatic carbocycles. The average Bonchev–Trinajstić information content (AvgIpc) is 2.68. The lowest BCUT2D eigenvalue weighted by molar-refractivity contribution is -0.133. The van der Waals surface area contributed by atoms with Crippen molar-refractivity contribution in [2.75, 3.05) is 19.7 Å². The summed E-state index contributed by atoms with van der Waals surface area (Å²) in [7, 11) is 0. The van der Waals surface area contributed by atoms with Crippen LogP contribution in [0.1, 0.15) is 12.8 Å². The number of benzene rings is 1. The molecular weight excluding hydrogens is 332 g/mol. The van der Waals surface area contributed by atoms with Gasteiger partial charge >= 0.3 is 0 Å². The fourth-order valence-electron chi connectivity index (χ4n) is 2.10. The molecule has 0 fully saturated rings. The molecule has 0 aliphatic rings. The molecule has 2 aromatic rings. The zero-order valence-electron chi connectivity index (χ0n) is 14.2. The smallest absolute Gasteiger partial charge is 0.260 e. The second-order valence-corrected chi connectivity index (χ2v) is 5.23. The van der Waals surface area contributed by atoms with Crippen molar-refractivity contribution in [3.63, 3.8) is 0 Å². The summed E-state index contributed by atoms with van der Waals surface area (Å²) < 4.78 is 11.1. The van der Waals surface area contributed by atoms with Crippen molar-refractivity contribution in [2.24, 2.45) is 0 Å². The minimum Gasteiger partial charge on any atom is -0.484 e. The van der Waals surface area contributed by atoms with E-state index in [4.69, 9.17) is 20.0 Å². The van der Waals surface area contributed by atoms with Crippen LogP contribution < -0.4 is 9.47 Å². The summed E-state index contributed by atoms with van der Waals surface area (Å²) in [6.45, 7) is 0.422. The fraction of sp³-hybridized carbons (Fsp3) is 0.263. The SMILES string of the molecule is N#CCCN(CCC#N)C(=O)COc1ccc(Oc2ccccn2)cc1. The zero-order valence-corrected chi connectivity index (χ0v) is 14.2. The Morgan fingerprint density at radius 2 is 1.65 bits per heavy atom. The summed E-state index contributed by atoms with van der Waals surface area (Å²) in [6.07, 6.45) is 2.08. The molecular formula is C19H18N4O3. The van der Waals surface area contributed by atoms with Gasteiger partial charge in [-0.25, -0.2) is 4.98 Å². The highest BCUT2D eigenvalue weighted by molar-refractivity contribution is 5.77. The number of amides is 1. The van der Waals surface area contributed by atoms with Crippen molar-refractivity contribution in [2.45, 2.75) is 12.8 Å². The van der Waals surface area contributed by atoms with E-state index in [2.05, 4.69) is 4.98 Å². The van der Waals surface area contributed by atoms with Gasteiger partial charge in [0.1, 0.15) is 11.5 Å². The predicted molar refractivity (Wildman–Crippen MR) is 93.3 cm³/mol. The molecule has 0 bridgehead atoms. The maximum atomic E-state index is 12.2. The summed E-state index contributed by atoms with van der Waals surface area (Å²) in [5.41, 5.74) is 0. The van der Waals surface area contributed by atoms with Gasteiger partial charge in [0.25, 0.3) is 5.91 Å². The Morgan fingerprint density at radius 1 is 1.00 bits per heavy atom. The topological polar surface area (TPSA) is 99.2 Å². The Labute approximate surface area is 152 Å². The molecule has 132 valence electrons. The van der Waals surface area contributed by atoms with Crippen molar-refractivity contribution < 1.29 is 14.3 Å². The van der Waals surface area contributed by atoms with Crippen LogP contribution in [0.4, 0.5) is 0 Å². The van der Waals surface area contributed by atoms with E-state index in [0.717, 1.165) is 0 Å². The van der Waals surface area contributed by atoms with Crippen LogP contribution >= 0.6 is 0 Å². The number of aromatic nitrogens is 1. The third-order valence-electron chi connectivity index (χ3n) is 3.39. The standard InChI is InChI=1S/C19H18N4O3/c20-10-3-13-23(14-4-11-21)19(24)15-25-16-6-8-17(9-7-16)26-18-5-1-2-12-22-18/h1-2,5-9,12H,3-4,13-15H2. The number of hydrogen-bond acceptors (Lipinski definition) is 6. The quantitative estimate of drug-likeness (QED) is 0.689. The number of nitriles is 2. The molecule has 0 atom stereocenters. The summed E-state index contributed by atoms with van der Waals surface area (Å²) >= 11 is 0. The highest BCUT2D eigenvalue weighted by atomic mass is 16.5. The van der Waals surface area contributed by atoms with Gasteiger partial charge in [-0.15, -0.1) is 0 Å². The summed E-state index contributed by atoms with van der Waals surface area (Å²) in [6, 6.07) is 16.2. The van der Waals surface area contributed by atoms with Crippen LogP contribution in [0, 0.1) is 22.7 Å². The van der Waals surface area contributed by atoms with Gasteiger partial charge < -0.3 is 14.4 Å². The molecule has 0 saturated heterocycles. The molecule has 1 aromatic carbocycles. The van der Waals surface area contributed by atoms with E-state index in [1.165, 1.54) is 4.90 Å². The number of carbonyl (C=O) groups is 1. The minimum absolute atomic E-state index is 0.155. The van der Waals surface area contributed by atoms with Crippen LogP contribution in [0.15, 0.2) is 48.7 Å². The molecule has 1 aromatic heterocycles. The van der Waals surface area contributed by atoms with Gasteiger partial charge in [-0.2, -0.15) is 10.5 Å². The largest absolute Gasteiger partial charge is 0.484 e.